The zero-order valence-corrected chi connectivity index (χ0v) is 12.3. The van der Waals surface area contributed by atoms with E-state index in [1.54, 1.807) is 30.5 Å². The normalized spacial score (nSPS) is 8.76. The maximum atomic E-state index is 11.5. The third-order valence-electron chi connectivity index (χ3n) is 2.16. The van der Waals surface area contributed by atoms with E-state index in [-0.39, 0.29) is 11.2 Å². The summed E-state index contributed by atoms with van der Waals surface area (Å²) in [7, 11) is 0.500. The number of hydrogen-bond donors (Lipinski definition) is 0. The van der Waals surface area contributed by atoms with Crippen molar-refractivity contribution in [3.05, 3.63) is 69.1 Å². The van der Waals surface area contributed by atoms with Gasteiger partial charge in [0.05, 0.1) is 12.1 Å². The Morgan fingerprint density at radius 2 is 1.62 bits per heavy atom. The van der Waals surface area contributed by atoms with E-state index in [1.165, 1.54) is 29.2 Å². The highest BCUT2D eigenvalue weighted by Crippen LogP contribution is 2.13. The SMILES string of the molecule is CCC.CF.O=c1ccccn1-c1ccc([N+](=O)[O-])cc1. The van der Waals surface area contributed by atoms with Crippen molar-refractivity contribution in [2.45, 2.75) is 20.3 Å². The molecule has 114 valence electrons. The number of alkyl halides is 1. The molecule has 0 aliphatic rings. The lowest BCUT2D eigenvalue weighted by molar-refractivity contribution is -0.384. The summed E-state index contributed by atoms with van der Waals surface area (Å²) in [6, 6.07) is 10.6. The van der Waals surface area contributed by atoms with Crippen molar-refractivity contribution in [1.29, 1.82) is 0 Å². The zero-order valence-electron chi connectivity index (χ0n) is 12.3. The van der Waals surface area contributed by atoms with Crippen molar-refractivity contribution in [2.24, 2.45) is 0 Å². The van der Waals surface area contributed by atoms with Gasteiger partial charge in [-0.2, -0.15) is 0 Å². The Labute approximate surface area is 122 Å². The molecule has 1 aromatic carbocycles. The molecule has 0 bridgehead atoms. The zero-order chi connectivity index (χ0) is 16.3. The van der Waals surface area contributed by atoms with Gasteiger partial charge in [-0.1, -0.05) is 26.3 Å². The molecule has 21 heavy (non-hydrogen) atoms. The molecular weight excluding hydrogens is 275 g/mol. The second-order valence-corrected chi connectivity index (χ2v) is 3.89. The number of non-ortho nitro benzene ring substituents is 1. The first-order chi connectivity index (χ1) is 10.1. The van der Waals surface area contributed by atoms with E-state index in [0.29, 0.717) is 12.9 Å². The number of nitro groups is 1. The van der Waals surface area contributed by atoms with E-state index in [1.807, 2.05) is 0 Å². The molecule has 0 unspecified atom stereocenters. The lowest BCUT2D eigenvalue weighted by Gasteiger charge is -2.03. The summed E-state index contributed by atoms with van der Waals surface area (Å²) in [6.07, 6.45) is 2.86. The molecule has 0 aliphatic carbocycles. The standard InChI is InChI=1S/C11H8N2O3.C3H8.CH3F/c14-11-3-1-2-8-12(11)9-4-6-10(7-5-9)13(15)16;1-3-2;1-2/h1-8H;3H2,1-2H3;1H3. The van der Waals surface area contributed by atoms with Crippen LogP contribution in [0.1, 0.15) is 20.3 Å². The van der Waals surface area contributed by atoms with Gasteiger partial charge < -0.3 is 0 Å². The Hall–Kier alpha value is -2.50. The number of hydrogen-bond acceptors (Lipinski definition) is 3. The van der Waals surface area contributed by atoms with Crippen LogP contribution in [0.4, 0.5) is 10.1 Å². The van der Waals surface area contributed by atoms with Gasteiger partial charge in [-0.3, -0.25) is 23.9 Å². The predicted molar refractivity (Wildman–Crippen MR) is 81.7 cm³/mol. The highest BCUT2D eigenvalue weighted by Gasteiger charge is 2.04. The van der Waals surface area contributed by atoms with Gasteiger partial charge in [0.2, 0.25) is 0 Å². The molecule has 0 atom stereocenters. The highest BCUT2D eigenvalue weighted by atomic mass is 19.1. The van der Waals surface area contributed by atoms with Crippen LogP contribution in [0.2, 0.25) is 0 Å². The summed E-state index contributed by atoms with van der Waals surface area (Å²) >= 11 is 0. The summed E-state index contributed by atoms with van der Waals surface area (Å²) in [4.78, 5) is 21.4. The van der Waals surface area contributed by atoms with Crippen molar-refractivity contribution < 1.29 is 9.31 Å². The molecule has 2 aromatic rings. The van der Waals surface area contributed by atoms with Gasteiger partial charge >= 0.3 is 0 Å². The number of rotatable bonds is 2. The monoisotopic (exact) mass is 294 g/mol. The molecule has 6 heteroatoms. The van der Waals surface area contributed by atoms with Crippen LogP contribution in [-0.4, -0.2) is 16.7 Å². The van der Waals surface area contributed by atoms with E-state index in [0.717, 1.165) is 0 Å². The van der Waals surface area contributed by atoms with Gasteiger partial charge in [0.15, 0.2) is 0 Å². The van der Waals surface area contributed by atoms with E-state index in [2.05, 4.69) is 13.8 Å². The first-order valence-corrected chi connectivity index (χ1v) is 6.40. The molecule has 0 amide bonds. The second kappa shape index (κ2) is 10.3. The van der Waals surface area contributed by atoms with E-state index in [9.17, 15) is 19.3 Å². The fourth-order valence-corrected chi connectivity index (χ4v) is 1.38. The first-order valence-electron chi connectivity index (χ1n) is 6.40. The number of nitrogens with zero attached hydrogens (tertiary/aromatic N) is 2. The van der Waals surface area contributed by atoms with Crippen LogP contribution in [0, 0.1) is 10.1 Å². The molecule has 0 spiro atoms. The van der Waals surface area contributed by atoms with Crippen LogP contribution in [0.15, 0.2) is 53.5 Å². The van der Waals surface area contributed by atoms with Crippen LogP contribution in [-0.2, 0) is 0 Å². The summed E-state index contributed by atoms with van der Waals surface area (Å²) in [5.41, 5.74) is 0.445. The van der Waals surface area contributed by atoms with Crippen molar-refractivity contribution >= 4 is 5.69 Å². The lowest BCUT2D eigenvalue weighted by atomic mass is 10.3. The molecule has 1 heterocycles. The lowest BCUT2D eigenvalue weighted by Crippen LogP contribution is -2.15. The summed E-state index contributed by atoms with van der Waals surface area (Å²) in [5, 5.41) is 10.5. The molecule has 0 fully saturated rings. The summed E-state index contributed by atoms with van der Waals surface area (Å²) in [6.45, 7) is 4.25. The number of pyridine rings is 1. The van der Waals surface area contributed by atoms with Crippen molar-refractivity contribution in [3.8, 4) is 5.69 Å². The fraction of sp³-hybridized carbons (Fsp3) is 0.267. The van der Waals surface area contributed by atoms with Crippen LogP contribution in [0.5, 0.6) is 0 Å². The molecule has 0 N–H and O–H groups in total. The van der Waals surface area contributed by atoms with Crippen LogP contribution in [0.3, 0.4) is 0 Å². The Morgan fingerprint density at radius 1 is 1.10 bits per heavy atom. The van der Waals surface area contributed by atoms with Crippen LogP contribution in [0.25, 0.3) is 5.69 Å². The third kappa shape index (κ3) is 5.99. The first kappa shape index (κ1) is 18.5. The van der Waals surface area contributed by atoms with Gasteiger partial charge in [-0.15, -0.1) is 0 Å². The third-order valence-corrected chi connectivity index (χ3v) is 2.16. The maximum Gasteiger partial charge on any atom is 0.269 e. The maximum absolute atomic E-state index is 11.5. The Kier molecular flexibility index (Phi) is 9.08. The van der Waals surface area contributed by atoms with Crippen molar-refractivity contribution in [3.63, 3.8) is 0 Å². The van der Waals surface area contributed by atoms with E-state index >= 15 is 0 Å². The molecule has 1 aromatic heterocycles. The van der Waals surface area contributed by atoms with Gasteiger partial charge in [0.25, 0.3) is 11.2 Å². The average Bonchev–Trinajstić information content (AvgIpc) is 2.51. The quantitative estimate of drug-likeness (QED) is 0.626. The van der Waals surface area contributed by atoms with Gasteiger partial charge in [-0.25, -0.2) is 0 Å². The van der Waals surface area contributed by atoms with Crippen LogP contribution < -0.4 is 5.56 Å². The minimum Gasteiger partial charge on any atom is -0.284 e. The minimum absolute atomic E-state index is 0.00716. The van der Waals surface area contributed by atoms with E-state index < -0.39 is 4.92 Å². The topological polar surface area (TPSA) is 65.1 Å². The number of aromatic nitrogens is 1. The smallest absolute Gasteiger partial charge is 0.269 e. The fourth-order valence-electron chi connectivity index (χ4n) is 1.38. The molecule has 0 radical (unpaired) electrons. The van der Waals surface area contributed by atoms with Gasteiger partial charge in [0, 0.05) is 30.1 Å². The van der Waals surface area contributed by atoms with Gasteiger partial charge in [0.1, 0.15) is 0 Å². The second-order valence-electron chi connectivity index (χ2n) is 3.89. The highest BCUT2D eigenvalue weighted by molar-refractivity contribution is 5.40. The van der Waals surface area contributed by atoms with Gasteiger partial charge in [-0.05, 0) is 18.2 Å². The Bertz CT molecular complexity index is 594. The largest absolute Gasteiger partial charge is 0.284 e. The molecule has 2 rings (SSSR count). The predicted octanol–water partition coefficient (Wildman–Crippen LogP) is 3.75. The molecule has 0 saturated carbocycles. The van der Waals surface area contributed by atoms with Crippen molar-refractivity contribution in [1.82, 2.24) is 4.57 Å². The number of halogens is 1. The number of benzene rings is 1. The molecule has 0 saturated heterocycles. The van der Waals surface area contributed by atoms with Crippen LogP contribution >= 0.6 is 0 Å². The Balaban J connectivity index is 0.000000713. The summed E-state index contributed by atoms with van der Waals surface area (Å²) < 4.78 is 10.9. The average molecular weight is 294 g/mol. The number of nitro benzene ring substituents is 1. The minimum atomic E-state index is -0.475. The molecule has 5 nitrogen and oxygen atoms in total. The van der Waals surface area contributed by atoms with E-state index in [4.69, 9.17) is 0 Å². The molecular formula is C15H19FN2O3. The Morgan fingerprint density at radius 3 is 2.05 bits per heavy atom. The van der Waals surface area contributed by atoms with Crippen molar-refractivity contribution in [2.75, 3.05) is 7.18 Å². The summed E-state index contributed by atoms with van der Waals surface area (Å²) in [5.74, 6) is 0. The molecule has 0 aliphatic heterocycles.